The van der Waals surface area contributed by atoms with E-state index < -0.39 is 4.92 Å². The minimum absolute atomic E-state index is 0.0445. The molecule has 0 aromatic heterocycles. The molecule has 0 bridgehead atoms. The molecular formula is C11H15NO3. The van der Waals surface area contributed by atoms with Crippen LogP contribution >= 0.6 is 0 Å². The first-order chi connectivity index (χ1) is 7.07. The maximum absolute atomic E-state index is 10.8. The Morgan fingerprint density at radius 2 is 2.13 bits per heavy atom. The van der Waals surface area contributed by atoms with Crippen molar-refractivity contribution in [3.05, 3.63) is 33.9 Å². The maximum atomic E-state index is 10.8. The van der Waals surface area contributed by atoms with Gasteiger partial charge in [0.05, 0.1) is 11.5 Å². The Labute approximate surface area is 89.0 Å². The molecule has 0 spiro atoms. The lowest BCUT2D eigenvalue weighted by molar-refractivity contribution is -0.385. The average molecular weight is 209 g/mol. The number of benzene rings is 1. The van der Waals surface area contributed by atoms with Gasteiger partial charge in [0.15, 0.2) is 0 Å². The maximum Gasteiger partial charge on any atom is 0.311 e. The molecule has 0 unspecified atom stereocenters. The molecule has 82 valence electrons. The Bertz CT molecular complexity index is 361. The minimum atomic E-state index is -0.406. The Balaban J connectivity index is 3.28. The molecule has 15 heavy (non-hydrogen) atoms. The zero-order chi connectivity index (χ0) is 11.4. The third kappa shape index (κ3) is 2.46. The highest BCUT2D eigenvalue weighted by Crippen LogP contribution is 2.35. The van der Waals surface area contributed by atoms with E-state index in [0.29, 0.717) is 12.4 Å². The fourth-order valence-electron chi connectivity index (χ4n) is 1.44. The summed E-state index contributed by atoms with van der Waals surface area (Å²) in [5.41, 5.74) is 0.925. The molecule has 4 nitrogen and oxygen atoms in total. The highest BCUT2D eigenvalue weighted by atomic mass is 16.6. The van der Waals surface area contributed by atoms with Gasteiger partial charge in [-0.2, -0.15) is 0 Å². The van der Waals surface area contributed by atoms with Crippen LogP contribution in [-0.4, -0.2) is 11.5 Å². The van der Waals surface area contributed by atoms with Crippen LogP contribution in [0.3, 0.4) is 0 Å². The van der Waals surface area contributed by atoms with E-state index >= 15 is 0 Å². The lowest BCUT2D eigenvalue weighted by atomic mass is 10.0. The molecule has 1 rings (SSSR count). The van der Waals surface area contributed by atoms with Gasteiger partial charge in [-0.1, -0.05) is 26.0 Å². The smallest absolute Gasteiger partial charge is 0.311 e. The van der Waals surface area contributed by atoms with Crippen LogP contribution in [0.2, 0.25) is 0 Å². The third-order valence-corrected chi connectivity index (χ3v) is 2.13. The molecule has 0 aliphatic heterocycles. The van der Waals surface area contributed by atoms with Gasteiger partial charge in [0.25, 0.3) is 0 Å². The molecule has 4 heteroatoms. The lowest BCUT2D eigenvalue weighted by Crippen LogP contribution is -2.02. The van der Waals surface area contributed by atoms with Gasteiger partial charge < -0.3 is 4.74 Å². The number of nitro groups is 1. The monoisotopic (exact) mass is 209 g/mol. The predicted molar refractivity (Wildman–Crippen MR) is 58.4 cm³/mol. The second-order valence-electron chi connectivity index (χ2n) is 3.54. The number of rotatable bonds is 4. The quantitative estimate of drug-likeness (QED) is 0.565. The molecule has 0 heterocycles. The van der Waals surface area contributed by atoms with Crippen LogP contribution in [0.4, 0.5) is 5.69 Å². The summed E-state index contributed by atoms with van der Waals surface area (Å²) in [6.07, 6.45) is 0. The fourth-order valence-corrected chi connectivity index (χ4v) is 1.44. The predicted octanol–water partition coefficient (Wildman–Crippen LogP) is 3.12. The van der Waals surface area contributed by atoms with E-state index in [1.54, 1.807) is 6.07 Å². The van der Waals surface area contributed by atoms with Gasteiger partial charge in [-0.15, -0.1) is 0 Å². The first-order valence-corrected chi connectivity index (χ1v) is 4.98. The van der Waals surface area contributed by atoms with Gasteiger partial charge in [0, 0.05) is 11.6 Å². The Hall–Kier alpha value is -1.58. The normalized spacial score (nSPS) is 10.4. The van der Waals surface area contributed by atoms with Crippen LogP contribution in [0.1, 0.15) is 32.3 Å². The second kappa shape index (κ2) is 4.77. The van der Waals surface area contributed by atoms with Gasteiger partial charge in [-0.25, -0.2) is 0 Å². The summed E-state index contributed by atoms with van der Waals surface area (Å²) >= 11 is 0. The summed E-state index contributed by atoms with van der Waals surface area (Å²) < 4.78 is 5.35. The summed E-state index contributed by atoms with van der Waals surface area (Å²) in [5, 5.41) is 10.8. The lowest BCUT2D eigenvalue weighted by Gasteiger charge is -2.12. The number of nitrogens with zero attached hydrogens (tertiary/aromatic N) is 1. The van der Waals surface area contributed by atoms with Crippen molar-refractivity contribution in [2.24, 2.45) is 0 Å². The second-order valence-corrected chi connectivity index (χ2v) is 3.54. The van der Waals surface area contributed by atoms with Crippen molar-refractivity contribution in [2.75, 3.05) is 6.61 Å². The van der Waals surface area contributed by atoms with Crippen LogP contribution < -0.4 is 4.74 Å². The van der Waals surface area contributed by atoms with Crippen molar-refractivity contribution in [3.8, 4) is 5.75 Å². The Morgan fingerprint density at radius 3 is 2.60 bits per heavy atom. The van der Waals surface area contributed by atoms with Crippen molar-refractivity contribution < 1.29 is 9.66 Å². The first kappa shape index (κ1) is 11.5. The fraction of sp³-hybridized carbons (Fsp3) is 0.455. The number of nitro benzene ring substituents is 1. The summed E-state index contributed by atoms with van der Waals surface area (Å²) in [5.74, 6) is 0.617. The third-order valence-electron chi connectivity index (χ3n) is 2.13. The molecule has 0 amide bonds. The number of hydrogen-bond donors (Lipinski definition) is 0. The Kier molecular flexibility index (Phi) is 3.66. The summed E-state index contributed by atoms with van der Waals surface area (Å²) in [4.78, 5) is 10.4. The van der Waals surface area contributed by atoms with Crippen molar-refractivity contribution >= 4 is 5.69 Å². The van der Waals surface area contributed by atoms with Crippen LogP contribution in [0.5, 0.6) is 5.75 Å². The zero-order valence-corrected chi connectivity index (χ0v) is 9.19. The Morgan fingerprint density at radius 1 is 1.47 bits per heavy atom. The van der Waals surface area contributed by atoms with Crippen molar-refractivity contribution in [1.82, 2.24) is 0 Å². The molecule has 0 saturated heterocycles. The van der Waals surface area contributed by atoms with Gasteiger partial charge in [0.2, 0.25) is 5.75 Å². The molecule has 0 fully saturated rings. The van der Waals surface area contributed by atoms with E-state index in [1.165, 1.54) is 6.07 Å². The highest BCUT2D eigenvalue weighted by Gasteiger charge is 2.19. The molecule has 1 aromatic carbocycles. The number of hydrogen-bond acceptors (Lipinski definition) is 3. The van der Waals surface area contributed by atoms with Crippen molar-refractivity contribution in [1.29, 1.82) is 0 Å². The highest BCUT2D eigenvalue weighted by molar-refractivity contribution is 5.52. The van der Waals surface area contributed by atoms with E-state index in [1.807, 2.05) is 26.8 Å². The summed E-state index contributed by atoms with van der Waals surface area (Å²) in [7, 11) is 0. The van der Waals surface area contributed by atoms with E-state index in [0.717, 1.165) is 5.56 Å². The minimum Gasteiger partial charge on any atom is -0.487 e. The molecule has 0 radical (unpaired) electrons. The summed E-state index contributed by atoms with van der Waals surface area (Å²) in [6, 6.07) is 5.02. The zero-order valence-electron chi connectivity index (χ0n) is 9.19. The standard InChI is InChI=1S/C11H15NO3/c1-4-15-11-9(8(2)3)6-5-7-10(11)12(13)14/h5-8H,4H2,1-3H3. The van der Waals surface area contributed by atoms with E-state index in [2.05, 4.69) is 0 Å². The van der Waals surface area contributed by atoms with Crippen molar-refractivity contribution in [3.63, 3.8) is 0 Å². The average Bonchev–Trinajstić information content (AvgIpc) is 2.17. The summed E-state index contributed by atoms with van der Waals surface area (Å²) in [6.45, 7) is 6.23. The van der Waals surface area contributed by atoms with E-state index in [9.17, 15) is 10.1 Å². The van der Waals surface area contributed by atoms with E-state index in [-0.39, 0.29) is 11.6 Å². The van der Waals surface area contributed by atoms with Crippen LogP contribution in [-0.2, 0) is 0 Å². The van der Waals surface area contributed by atoms with Crippen LogP contribution in [0.15, 0.2) is 18.2 Å². The first-order valence-electron chi connectivity index (χ1n) is 4.98. The topological polar surface area (TPSA) is 52.4 Å². The van der Waals surface area contributed by atoms with Gasteiger partial charge in [0.1, 0.15) is 0 Å². The van der Waals surface area contributed by atoms with Crippen molar-refractivity contribution in [2.45, 2.75) is 26.7 Å². The number of ether oxygens (including phenoxy) is 1. The molecule has 0 saturated carbocycles. The molecular weight excluding hydrogens is 194 g/mol. The van der Waals surface area contributed by atoms with E-state index in [4.69, 9.17) is 4.74 Å². The molecule has 0 aliphatic rings. The largest absolute Gasteiger partial charge is 0.487 e. The van der Waals surface area contributed by atoms with Crippen LogP contribution in [0.25, 0.3) is 0 Å². The molecule has 0 aliphatic carbocycles. The molecule has 0 atom stereocenters. The van der Waals surface area contributed by atoms with Gasteiger partial charge in [-0.05, 0) is 12.8 Å². The van der Waals surface area contributed by atoms with Crippen LogP contribution in [0, 0.1) is 10.1 Å². The number of para-hydroxylation sites is 1. The van der Waals surface area contributed by atoms with Gasteiger partial charge in [-0.3, -0.25) is 10.1 Å². The molecule has 1 aromatic rings. The molecule has 0 N–H and O–H groups in total. The SMILES string of the molecule is CCOc1c(C(C)C)cccc1[N+](=O)[O-]. The van der Waals surface area contributed by atoms with Gasteiger partial charge >= 0.3 is 5.69 Å².